The molecule has 4 aromatic rings. The van der Waals surface area contributed by atoms with Crippen LogP contribution < -0.4 is 20.5 Å². The molecular formula is C28H26F6N6O2S. The highest BCUT2D eigenvalue weighted by Gasteiger charge is 2.49. The third kappa shape index (κ3) is 5.00. The number of benzene rings is 2. The second-order valence-electron chi connectivity index (χ2n) is 11.2. The van der Waals surface area contributed by atoms with Crippen molar-refractivity contribution < 1.29 is 35.8 Å². The van der Waals surface area contributed by atoms with E-state index >= 15 is 0 Å². The minimum absolute atomic E-state index is 0.00175. The molecule has 3 aliphatic heterocycles. The molecule has 7 rings (SSSR count). The Hall–Kier alpha value is -3.43. The van der Waals surface area contributed by atoms with Gasteiger partial charge in [-0.2, -0.15) is 23.1 Å². The highest BCUT2D eigenvalue weighted by atomic mass is 32.1. The number of ether oxygens (including phenoxy) is 2. The Morgan fingerprint density at radius 2 is 1.95 bits per heavy atom. The van der Waals surface area contributed by atoms with Crippen molar-refractivity contribution in [3.05, 3.63) is 35.6 Å². The Bertz CT molecular complexity index is 1720. The summed E-state index contributed by atoms with van der Waals surface area (Å²) in [4.78, 5) is 14.8. The van der Waals surface area contributed by atoms with Gasteiger partial charge in [0.1, 0.15) is 24.7 Å². The van der Waals surface area contributed by atoms with Crippen molar-refractivity contribution in [2.24, 2.45) is 0 Å². The van der Waals surface area contributed by atoms with Gasteiger partial charge in [0, 0.05) is 31.6 Å². The van der Waals surface area contributed by atoms with Crippen molar-refractivity contribution in [3.63, 3.8) is 0 Å². The van der Waals surface area contributed by atoms with Gasteiger partial charge in [-0.3, -0.25) is 4.90 Å². The highest BCUT2D eigenvalue weighted by molar-refractivity contribution is 7.22. The molecule has 3 fully saturated rings. The normalized spacial score (nSPS) is 26.0. The molecule has 8 nitrogen and oxygen atoms in total. The molecule has 0 saturated carbocycles. The first-order valence-corrected chi connectivity index (χ1v) is 14.6. The van der Waals surface area contributed by atoms with Gasteiger partial charge in [-0.05, 0) is 49.2 Å². The first-order valence-electron chi connectivity index (χ1n) is 13.8. The van der Waals surface area contributed by atoms with E-state index in [4.69, 9.17) is 15.2 Å². The van der Waals surface area contributed by atoms with Crippen LogP contribution in [0.3, 0.4) is 0 Å². The lowest BCUT2D eigenvalue weighted by molar-refractivity contribution is -0.137. The molecule has 5 heterocycles. The lowest BCUT2D eigenvalue weighted by atomic mass is 9.95. The number of fused-ring (bicyclic) bond motifs is 3. The van der Waals surface area contributed by atoms with Crippen LogP contribution in [0.15, 0.2) is 24.3 Å². The molecule has 0 radical (unpaired) electrons. The smallest absolute Gasteiger partial charge is 0.417 e. The lowest BCUT2D eigenvalue weighted by Crippen LogP contribution is -2.43. The molecule has 2 aromatic heterocycles. The summed E-state index contributed by atoms with van der Waals surface area (Å²) in [7, 11) is 0. The van der Waals surface area contributed by atoms with Crippen LogP contribution in [0.2, 0.25) is 0 Å². The van der Waals surface area contributed by atoms with E-state index < -0.39 is 41.5 Å². The summed E-state index contributed by atoms with van der Waals surface area (Å²) in [5.74, 6) is -0.934. The fourth-order valence-corrected chi connectivity index (χ4v) is 7.24. The Balaban J connectivity index is 1.37. The number of nitrogen functional groups attached to an aromatic ring is 1. The summed E-state index contributed by atoms with van der Waals surface area (Å²) < 4.78 is 98.8. The monoisotopic (exact) mass is 624 g/mol. The Labute approximate surface area is 245 Å². The average molecular weight is 625 g/mol. The van der Waals surface area contributed by atoms with Crippen LogP contribution in [-0.4, -0.2) is 76.6 Å². The van der Waals surface area contributed by atoms with E-state index in [9.17, 15) is 26.3 Å². The molecule has 0 bridgehead atoms. The third-order valence-electron chi connectivity index (χ3n) is 8.47. The molecule has 4 atom stereocenters. The first kappa shape index (κ1) is 28.3. The standard InChI is InChI=1S/C28H26F6N6O2S/c29-13-8-27(4-1-5-40(27)11-13)12-41-26-37-20-7-15(14-2-3-18(30)23-22(14)38-25(35)43-23)17(28(32,33)34)6-16(20)24(39-26)42-21-10-36-9-19(21)31/h2-3,6-7,13,19,21,36H,1,4-5,8-12H2,(H2,35,38)/t13-,19+,21+,27+/m1/s1. The SMILES string of the molecule is Nc1nc2c(-c3cc4nc(OC[C@@]56CCCN5C[C@H](F)C6)nc(O[C@H]5CNC[C@@H]5F)c4cc3C(F)(F)F)ccc(F)c2s1. The second-order valence-corrected chi connectivity index (χ2v) is 12.3. The molecule has 0 amide bonds. The van der Waals surface area contributed by atoms with E-state index in [2.05, 4.69) is 20.3 Å². The number of alkyl halides is 5. The number of nitrogens with two attached hydrogens (primary N) is 1. The van der Waals surface area contributed by atoms with Crippen LogP contribution in [0, 0.1) is 5.82 Å². The summed E-state index contributed by atoms with van der Waals surface area (Å²) in [5, 5.41) is 2.73. The quantitative estimate of drug-likeness (QED) is 0.280. The summed E-state index contributed by atoms with van der Waals surface area (Å²) in [6.45, 7) is 1.26. The molecule has 2 aromatic carbocycles. The molecule has 228 valence electrons. The zero-order chi connectivity index (χ0) is 30.1. The molecule has 3 aliphatic rings. The van der Waals surface area contributed by atoms with Gasteiger partial charge in [-0.15, -0.1) is 0 Å². The molecule has 0 unspecified atom stereocenters. The first-order chi connectivity index (χ1) is 20.5. The summed E-state index contributed by atoms with van der Waals surface area (Å²) in [6.07, 6.45) is -6.37. The third-order valence-corrected chi connectivity index (χ3v) is 9.36. The Kier molecular flexibility index (Phi) is 6.81. The van der Waals surface area contributed by atoms with Crippen LogP contribution in [-0.2, 0) is 6.18 Å². The maximum absolute atomic E-state index is 14.5. The van der Waals surface area contributed by atoms with Crippen LogP contribution in [0.1, 0.15) is 24.8 Å². The van der Waals surface area contributed by atoms with E-state index in [-0.39, 0.29) is 75.4 Å². The van der Waals surface area contributed by atoms with E-state index in [0.717, 1.165) is 42.9 Å². The van der Waals surface area contributed by atoms with Gasteiger partial charge < -0.3 is 20.5 Å². The van der Waals surface area contributed by atoms with Gasteiger partial charge in [-0.25, -0.2) is 18.2 Å². The topological polar surface area (TPSA) is 98.4 Å². The number of halogens is 6. The molecule has 15 heteroatoms. The molecule has 43 heavy (non-hydrogen) atoms. The zero-order valence-electron chi connectivity index (χ0n) is 22.6. The fraction of sp³-hybridized carbons (Fsp3) is 0.464. The highest BCUT2D eigenvalue weighted by Crippen LogP contribution is 2.45. The number of thiazole rings is 1. The summed E-state index contributed by atoms with van der Waals surface area (Å²) in [5.41, 5.74) is 3.88. The number of anilines is 1. The molecule has 3 saturated heterocycles. The van der Waals surface area contributed by atoms with Crippen molar-refractivity contribution in [3.8, 4) is 23.0 Å². The van der Waals surface area contributed by atoms with E-state index in [1.165, 1.54) is 12.1 Å². The van der Waals surface area contributed by atoms with Gasteiger partial charge in [0.2, 0.25) is 5.88 Å². The van der Waals surface area contributed by atoms with Crippen LogP contribution in [0.4, 0.5) is 31.5 Å². The molecule has 0 aliphatic carbocycles. The predicted octanol–water partition coefficient (Wildman–Crippen LogP) is 5.29. The predicted molar refractivity (Wildman–Crippen MR) is 148 cm³/mol. The molecule has 3 N–H and O–H groups in total. The minimum Gasteiger partial charge on any atom is -0.469 e. The summed E-state index contributed by atoms with van der Waals surface area (Å²) in [6, 6.07) is 4.10. The van der Waals surface area contributed by atoms with Crippen molar-refractivity contribution >= 4 is 37.6 Å². The number of nitrogens with one attached hydrogen (secondary N) is 1. The van der Waals surface area contributed by atoms with Crippen molar-refractivity contribution in [2.45, 2.75) is 49.4 Å². The number of nitrogens with zero attached hydrogens (tertiary/aromatic N) is 4. The van der Waals surface area contributed by atoms with E-state index in [1.807, 2.05) is 4.90 Å². The second kappa shape index (κ2) is 10.3. The van der Waals surface area contributed by atoms with Crippen molar-refractivity contribution in [1.29, 1.82) is 0 Å². The van der Waals surface area contributed by atoms with Crippen LogP contribution >= 0.6 is 11.3 Å². The average Bonchev–Trinajstić information content (AvgIpc) is 3.70. The number of hydrogen-bond donors (Lipinski definition) is 2. The van der Waals surface area contributed by atoms with Gasteiger partial charge in [0.05, 0.1) is 32.2 Å². The van der Waals surface area contributed by atoms with Crippen LogP contribution in [0.25, 0.3) is 32.2 Å². The van der Waals surface area contributed by atoms with Gasteiger partial charge in [0.25, 0.3) is 0 Å². The van der Waals surface area contributed by atoms with Crippen LogP contribution in [0.5, 0.6) is 11.9 Å². The number of hydrogen-bond acceptors (Lipinski definition) is 9. The van der Waals surface area contributed by atoms with E-state index in [0.29, 0.717) is 6.54 Å². The Morgan fingerprint density at radius 1 is 1.12 bits per heavy atom. The minimum atomic E-state index is -4.85. The maximum atomic E-state index is 14.5. The van der Waals surface area contributed by atoms with Gasteiger partial charge in [0.15, 0.2) is 11.3 Å². The van der Waals surface area contributed by atoms with E-state index in [1.54, 1.807) is 0 Å². The number of rotatable bonds is 6. The number of aromatic nitrogens is 3. The van der Waals surface area contributed by atoms with Crippen molar-refractivity contribution in [1.82, 2.24) is 25.2 Å². The van der Waals surface area contributed by atoms with Crippen molar-refractivity contribution in [2.75, 3.05) is 38.5 Å². The summed E-state index contributed by atoms with van der Waals surface area (Å²) >= 11 is 0.826. The molecule has 0 spiro atoms. The Morgan fingerprint density at radius 3 is 2.72 bits per heavy atom. The van der Waals surface area contributed by atoms with Gasteiger partial charge >= 0.3 is 12.2 Å². The maximum Gasteiger partial charge on any atom is 0.417 e. The molecular weight excluding hydrogens is 598 g/mol. The largest absolute Gasteiger partial charge is 0.469 e. The van der Waals surface area contributed by atoms with Gasteiger partial charge in [-0.1, -0.05) is 11.3 Å². The fourth-order valence-electron chi connectivity index (χ4n) is 6.48. The lowest BCUT2D eigenvalue weighted by Gasteiger charge is -2.30. The zero-order valence-corrected chi connectivity index (χ0v) is 23.4.